The summed E-state index contributed by atoms with van der Waals surface area (Å²) >= 11 is 0. The van der Waals surface area contributed by atoms with Crippen LogP contribution in [0.4, 0.5) is 13.6 Å². The van der Waals surface area contributed by atoms with E-state index in [9.17, 15) is 14.0 Å². The average molecular weight is 554 g/mol. The highest BCUT2D eigenvalue weighted by molar-refractivity contribution is 5.93. The van der Waals surface area contributed by atoms with E-state index < -0.39 is 23.3 Å². The molecule has 0 aliphatic rings. The van der Waals surface area contributed by atoms with Gasteiger partial charge in [0.2, 0.25) is 5.82 Å². The van der Waals surface area contributed by atoms with E-state index in [1.54, 1.807) is 68.5 Å². The average Bonchev–Trinajstić information content (AvgIpc) is 3.40. The molecule has 3 heterocycles. The van der Waals surface area contributed by atoms with E-state index in [0.29, 0.717) is 33.7 Å². The zero-order valence-corrected chi connectivity index (χ0v) is 23.7. The molecule has 0 atom stereocenters. The highest BCUT2D eigenvalue weighted by Crippen LogP contribution is 2.34. The summed E-state index contributed by atoms with van der Waals surface area (Å²) in [5, 5.41) is 4.25. The summed E-state index contributed by atoms with van der Waals surface area (Å²) in [6.45, 7) is 8.86. The van der Waals surface area contributed by atoms with E-state index in [2.05, 4.69) is 10.1 Å². The van der Waals surface area contributed by atoms with Crippen LogP contribution >= 0.6 is 0 Å². The maximum Gasteiger partial charge on any atom is 0.410 e. The predicted molar refractivity (Wildman–Crippen MR) is 145 cm³/mol. The second-order valence-electron chi connectivity index (χ2n) is 10.7. The number of hydrogen-bond acceptors (Lipinski definition) is 6. The number of benzene rings is 1. The number of aryl methyl sites for hydroxylation is 1. The smallest absolute Gasteiger partial charge is 0.410 e. The van der Waals surface area contributed by atoms with Crippen molar-refractivity contribution < 1.29 is 27.8 Å². The van der Waals surface area contributed by atoms with Crippen LogP contribution in [0.1, 0.15) is 55.1 Å². The first-order valence-electron chi connectivity index (χ1n) is 12.8. The molecule has 0 aliphatic carbocycles. The van der Waals surface area contributed by atoms with Gasteiger partial charge in [0.1, 0.15) is 16.9 Å². The van der Waals surface area contributed by atoms with Gasteiger partial charge in [-0.05, 0) is 52.0 Å². The van der Waals surface area contributed by atoms with Crippen LogP contribution in [0, 0.1) is 18.6 Å². The topological polar surface area (TPSA) is 91.0 Å². The van der Waals surface area contributed by atoms with Gasteiger partial charge >= 0.3 is 6.09 Å². The van der Waals surface area contributed by atoms with Crippen LogP contribution in [-0.2, 0) is 24.8 Å². The van der Waals surface area contributed by atoms with E-state index in [1.165, 1.54) is 17.9 Å². The lowest BCUT2D eigenvalue weighted by Crippen LogP contribution is -2.34. The van der Waals surface area contributed by atoms with Crippen LogP contribution in [0.5, 0.6) is 5.75 Å². The van der Waals surface area contributed by atoms with Gasteiger partial charge in [-0.1, -0.05) is 0 Å². The molecule has 0 bridgehead atoms. The van der Waals surface area contributed by atoms with Crippen molar-refractivity contribution >= 4 is 17.5 Å². The molecule has 0 saturated carbocycles. The summed E-state index contributed by atoms with van der Waals surface area (Å²) in [5.41, 5.74) is 3.40. The van der Waals surface area contributed by atoms with E-state index in [1.807, 2.05) is 6.92 Å². The normalized spacial score (nSPS) is 11.6. The van der Waals surface area contributed by atoms with Gasteiger partial charge in [0.25, 0.3) is 0 Å². The summed E-state index contributed by atoms with van der Waals surface area (Å²) in [6.07, 6.45) is 3.18. The Labute approximate surface area is 231 Å². The number of ether oxygens (including phenoxy) is 2. The molecule has 3 aromatic heterocycles. The van der Waals surface area contributed by atoms with Gasteiger partial charge in [0, 0.05) is 56.0 Å². The summed E-state index contributed by atoms with van der Waals surface area (Å²) in [5.74, 6) is -2.57. The number of carbonyl (C=O) groups is 2. The lowest BCUT2D eigenvalue weighted by Gasteiger charge is -2.24. The number of Topliss-reactive ketones (excluding diaryl/α,β-unsaturated/α-hetero) is 1. The third kappa shape index (κ3) is 5.98. The Hall–Kier alpha value is -4.28. The molecular weight excluding hydrogens is 520 g/mol. The van der Waals surface area contributed by atoms with Crippen LogP contribution in [0.25, 0.3) is 16.8 Å². The van der Waals surface area contributed by atoms with Gasteiger partial charge in [-0.15, -0.1) is 0 Å². The van der Waals surface area contributed by atoms with Gasteiger partial charge in [0.05, 0.1) is 25.0 Å². The fraction of sp³-hybridized carbons (Fsp3) is 0.379. The molecule has 4 rings (SSSR count). The third-order valence-electron chi connectivity index (χ3n) is 6.44. The third-order valence-corrected chi connectivity index (χ3v) is 6.44. The second kappa shape index (κ2) is 11.1. The number of amides is 1. The molecule has 0 saturated heterocycles. The van der Waals surface area contributed by atoms with Crippen molar-refractivity contribution in [2.24, 2.45) is 7.05 Å². The molecule has 0 unspecified atom stereocenters. The summed E-state index contributed by atoms with van der Waals surface area (Å²) in [4.78, 5) is 30.3. The number of pyridine rings is 1. The minimum absolute atomic E-state index is 0.000556. The number of carbonyl (C=O) groups excluding carboxylic acids is 2. The zero-order valence-electron chi connectivity index (χ0n) is 23.7. The molecule has 0 N–H and O–H groups in total. The summed E-state index contributed by atoms with van der Waals surface area (Å²) < 4.78 is 44.0. The Morgan fingerprint density at radius 3 is 2.52 bits per heavy atom. The molecule has 212 valence electrons. The van der Waals surface area contributed by atoms with Gasteiger partial charge in [-0.25, -0.2) is 14.2 Å². The zero-order chi connectivity index (χ0) is 29.4. The molecule has 0 aliphatic heterocycles. The number of aromatic nitrogens is 4. The molecule has 4 aromatic rings. The van der Waals surface area contributed by atoms with Gasteiger partial charge in [0.15, 0.2) is 17.3 Å². The minimum atomic E-state index is -1.11. The van der Waals surface area contributed by atoms with Crippen LogP contribution in [0.2, 0.25) is 0 Å². The number of fused-ring (bicyclic) bond motifs is 1. The standard InChI is InChI=1S/C29H33F2N5O4/c1-17-21(26(18(2)37)33-35(17)7)12-13-39-27-22(9-10-23(30)25(27)31)19-8-11-24-32-14-20(36(24)15-19)16-34(6)28(38)40-29(3,4)5/h8-11,14-15H,12-13,16H2,1-7H3. The van der Waals surface area contributed by atoms with E-state index in [4.69, 9.17) is 9.47 Å². The van der Waals surface area contributed by atoms with Crippen LogP contribution < -0.4 is 4.74 Å². The minimum Gasteiger partial charge on any atom is -0.489 e. The predicted octanol–water partition coefficient (Wildman–Crippen LogP) is 5.51. The van der Waals surface area contributed by atoms with Crippen LogP contribution in [-0.4, -0.2) is 55.2 Å². The van der Waals surface area contributed by atoms with Crippen LogP contribution in [0.3, 0.4) is 0 Å². The van der Waals surface area contributed by atoms with Crippen LogP contribution in [0.15, 0.2) is 36.7 Å². The first kappa shape index (κ1) is 28.7. The second-order valence-corrected chi connectivity index (χ2v) is 10.7. The number of ketones is 1. The summed E-state index contributed by atoms with van der Waals surface area (Å²) in [7, 11) is 3.36. The number of nitrogens with zero attached hydrogens (tertiary/aromatic N) is 5. The van der Waals surface area contributed by atoms with Crippen molar-refractivity contribution in [3.05, 3.63) is 70.9 Å². The van der Waals surface area contributed by atoms with Gasteiger partial charge in [-0.3, -0.25) is 9.48 Å². The monoisotopic (exact) mass is 553 g/mol. The number of rotatable bonds is 8. The van der Waals surface area contributed by atoms with Crippen molar-refractivity contribution in [3.8, 4) is 16.9 Å². The lowest BCUT2D eigenvalue weighted by atomic mass is 10.1. The Morgan fingerprint density at radius 1 is 1.12 bits per heavy atom. The molecule has 11 heteroatoms. The molecule has 0 radical (unpaired) electrons. The lowest BCUT2D eigenvalue weighted by molar-refractivity contribution is 0.0282. The first-order chi connectivity index (χ1) is 18.8. The fourth-order valence-corrected chi connectivity index (χ4v) is 4.34. The van der Waals surface area contributed by atoms with Gasteiger partial charge < -0.3 is 18.8 Å². The highest BCUT2D eigenvalue weighted by Gasteiger charge is 2.22. The highest BCUT2D eigenvalue weighted by atomic mass is 19.2. The Morgan fingerprint density at radius 2 is 1.85 bits per heavy atom. The van der Waals surface area contributed by atoms with Crippen molar-refractivity contribution in [1.29, 1.82) is 0 Å². The van der Waals surface area contributed by atoms with E-state index in [-0.39, 0.29) is 31.1 Å². The van der Waals surface area contributed by atoms with Gasteiger partial charge in [-0.2, -0.15) is 9.49 Å². The molecule has 0 fully saturated rings. The fourth-order valence-electron chi connectivity index (χ4n) is 4.34. The van der Waals surface area contributed by atoms with E-state index >= 15 is 4.39 Å². The largest absolute Gasteiger partial charge is 0.489 e. The van der Waals surface area contributed by atoms with Crippen molar-refractivity contribution in [2.45, 2.75) is 53.2 Å². The first-order valence-corrected chi connectivity index (χ1v) is 12.8. The molecule has 1 amide bonds. The Bertz CT molecular complexity index is 1590. The molecular formula is C29H33F2N5O4. The quantitative estimate of drug-likeness (QED) is 0.267. The SMILES string of the molecule is CC(=O)c1nn(C)c(C)c1CCOc1c(-c2ccc3ncc(CN(C)C(=O)OC(C)(C)C)n3c2)ccc(F)c1F. The number of halogens is 2. The Balaban J connectivity index is 1.62. The maximum atomic E-state index is 15.0. The molecule has 1 aromatic carbocycles. The molecule has 0 spiro atoms. The van der Waals surface area contributed by atoms with Crippen molar-refractivity contribution in [1.82, 2.24) is 24.1 Å². The molecule has 40 heavy (non-hydrogen) atoms. The number of hydrogen-bond donors (Lipinski definition) is 0. The maximum absolute atomic E-state index is 15.0. The Kier molecular flexibility index (Phi) is 7.95. The summed E-state index contributed by atoms with van der Waals surface area (Å²) in [6, 6.07) is 5.98. The number of imidazole rings is 1. The van der Waals surface area contributed by atoms with E-state index in [0.717, 1.165) is 11.8 Å². The van der Waals surface area contributed by atoms with Crippen molar-refractivity contribution in [3.63, 3.8) is 0 Å². The van der Waals surface area contributed by atoms with Crippen molar-refractivity contribution in [2.75, 3.05) is 13.7 Å². The molecule has 9 nitrogen and oxygen atoms in total.